The molecule has 132 valence electrons. The summed E-state index contributed by atoms with van der Waals surface area (Å²) in [5.74, 6) is -0.659. The smallest absolute Gasteiger partial charge is 0.336 e. The average molecular weight is 344 g/mol. The Balaban J connectivity index is 1.73. The van der Waals surface area contributed by atoms with E-state index < -0.39 is 12.1 Å². The van der Waals surface area contributed by atoms with Crippen molar-refractivity contribution in [2.24, 2.45) is 0 Å². The van der Waals surface area contributed by atoms with Gasteiger partial charge in [0.15, 0.2) is 6.10 Å². The lowest BCUT2D eigenvalue weighted by Gasteiger charge is -2.35. The molecule has 1 saturated heterocycles. The zero-order valence-electron chi connectivity index (χ0n) is 14.3. The number of carbonyl (C=O) groups is 1. The number of carbonyl (C=O) groups excluding carboxylic acids is 1. The molecule has 0 aliphatic carbocycles. The number of hydrogen-bond acceptors (Lipinski definition) is 5. The molecule has 6 heteroatoms. The predicted octanol–water partition coefficient (Wildman–Crippen LogP) is 2.65. The van der Waals surface area contributed by atoms with Crippen LogP contribution in [-0.2, 0) is 20.8 Å². The van der Waals surface area contributed by atoms with Crippen molar-refractivity contribution in [3.8, 4) is 11.1 Å². The van der Waals surface area contributed by atoms with Crippen LogP contribution in [0.25, 0.3) is 11.1 Å². The largest absolute Gasteiger partial charge is 0.467 e. The number of rotatable bonds is 4. The summed E-state index contributed by atoms with van der Waals surface area (Å²) >= 11 is 0. The molecule has 3 rings (SSSR count). The van der Waals surface area contributed by atoms with E-state index >= 15 is 0 Å². The maximum absolute atomic E-state index is 14.5. The third-order valence-electron chi connectivity index (χ3n) is 4.26. The Morgan fingerprint density at radius 2 is 2.04 bits per heavy atom. The quantitative estimate of drug-likeness (QED) is 0.798. The second-order valence-corrected chi connectivity index (χ2v) is 6.19. The Morgan fingerprint density at radius 3 is 2.72 bits per heavy atom. The fourth-order valence-electron chi connectivity index (χ4n) is 3.07. The SMILES string of the molecule is COC(=O)[C@H]1CN(Cc2ccc(-c3ccncc3)cc2F)C[C@@H](C)O1. The number of aromatic nitrogens is 1. The lowest BCUT2D eigenvalue weighted by molar-refractivity contribution is -0.166. The number of hydrogen-bond donors (Lipinski definition) is 0. The molecule has 2 atom stereocenters. The second-order valence-electron chi connectivity index (χ2n) is 6.19. The summed E-state index contributed by atoms with van der Waals surface area (Å²) in [6.45, 7) is 3.34. The standard InChI is InChI=1S/C19H21FN2O3/c1-13-10-22(12-18(25-13)19(23)24-2)11-16-4-3-15(9-17(16)20)14-5-7-21-8-6-14/h3-9,13,18H,10-12H2,1-2H3/t13-,18-/m1/s1. The summed E-state index contributed by atoms with van der Waals surface area (Å²) in [4.78, 5) is 17.7. The van der Waals surface area contributed by atoms with Gasteiger partial charge in [0.05, 0.1) is 13.2 Å². The molecule has 0 saturated carbocycles. The molecule has 2 heterocycles. The first-order valence-corrected chi connectivity index (χ1v) is 8.21. The van der Waals surface area contributed by atoms with E-state index in [9.17, 15) is 9.18 Å². The van der Waals surface area contributed by atoms with Gasteiger partial charge in [-0.15, -0.1) is 0 Å². The van der Waals surface area contributed by atoms with Crippen molar-refractivity contribution in [2.75, 3.05) is 20.2 Å². The molecule has 0 N–H and O–H groups in total. The molecule has 5 nitrogen and oxygen atoms in total. The first kappa shape index (κ1) is 17.5. The van der Waals surface area contributed by atoms with E-state index in [4.69, 9.17) is 9.47 Å². The third-order valence-corrected chi connectivity index (χ3v) is 4.26. The van der Waals surface area contributed by atoms with Crippen molar-refractivity contribution < 1.29 is 18.7 Å². The van der Waals surface area contributed by atoms with Gasteiger partial charge in [0, 0.05) is 37.6 Å². The van der Waals surface area contributed by atoms with Crippen molar-refractivity contribution in [1.29, 1.82) is 0 Å². The molecule has 0 bridgehead atoms. The summed E-state index contributed by atoms with van der Waals surface area (Å²) in [6, 6.07) is 8.91. The minimum atomic E-state index is -0.632. The topological polar surface area (TPSA) is 51.7 Å². The van der Waals surface area contributed by atoms with Crippen LogP contribution in [0.1, 0.15) is 12.5 Å². The van der Waals surface area contributed by atoms with E-state index in [-0.39, 0.29) is 11.9 Å². The Hall–Kier alpha value is -2.31. The van der Waals surface area contributed by atoms with Crippen LogP contribution < -0.4 is 0 Å². The van der Waals surface area contributed by atoms with Gasteiger partial charge in [-0.3, -0.25) is 9.88 Å². The molecule has 1 aliphatic rings. The van der Waals surface area contributed by atoms with Gasteiger partial charge in [0.2, 0.25) is 0 Å². The first-order valence-electron chi connectivity index (χ1n) is 8.21. The van der Waals surface area contributed by atoms with E-state index in [1.807, 2.05) is 30.0 Å². The average Bonchev–Trinajstić information content (AvgIpc) is 2.63. The van der Waals surface area contributed by atoms with Crippen LogP contribution in [0.4, 0.5) is 4.39 Å². The predicted molar refractivity (Wildman–Crippen MR) is 91.3 cm³/mol. The molecule has 1 fully saturated rings. The fraction of sp³-hybridized carbons (Fsp3) is 0.368. The number of nitrogens with zero attached hydrogens (tertiary/aromatic N) is 2. The molecule has 25 heavy (non-hydrogen) atoms. The summed E-state index contributed by atoms with van der Waals surface area (Å²) < 4.78 is 24.9. The Labute approximate surface area is 146 Å². The number of methoxy groups -OCH3 is 1. The van der Waals surface area contributed by atoms with Crippen molar-refractivity contribution in [1.82, 2.24) is 9.88 Å². The third kappa shape index (κ3) is 4.21. The van der Waals surface area contributed by atoms with Gasteiger partial charge in [-0.2, -0.15) is 0 Å². The normalized spacial score (nSPS) is 21.1. The molecule has 1 aliphatic heterocycles. The van der Waals surface area contributed by atoms with Crippen LogP contribution in [0.3, 0.4) is 0 Å². The minimum absolute atomic E-state index is 0.114. The molecule has 0 radical (unpaired) electrons. The summed E-state index contributed by atoms with van der Waals surface area (Å²) in [7, 11) is 1.34. The number of halogens is 1. The second kappa shape index (κ2) is 7.72. The zero-order valence-corrected chi connectivity index (χ0v) is 14.3. The molecule has 0 spiro atoms. The number of morpholine rings is 1. The minimum Gasteiger partial charge on any atom is -0.467 e. The van der Waals surface area contributed by atoms with Crippen LogP contribution in [0, 0.1) is 5.82 Å². The number of esters is 1. The maximum Gasteiger partial charge on any atom is 0.336 e. The van der Waals surface area contributed by atoms with Gasteiger partial charge in [-0.05, 0) is 36.2 Å². The van der Waals surface area contributed by atoms with Gasteiger partial charge in [-0.1, -0.05) is 12.1 Å². The first-order chi connectivity index (χ1) is 12.1. The Kier molecular flexibility index (Phi) is 5.40. The Morgan fingerprint density at radius 1 is 1.28 bits per heavy atom. The molecule has 1 aromatic carbocycles. The number of pyridine rings is 1. The summed E-state index contributed by atoms with van der Waals surface area (Å²) in [5, 5.41) is 0. The highest BCUT2D eigenvalue weighted by molar-refractivity contribution is 5.75. The monoisotopic (exact) mass is 344 g/mol. The van der Waals surface area contributed by atoms with E-state index in [0.29, 0.717) is 25.2 Å². The Bertz CT molecular complexity index is 739. The van der Waals surface area contributed by atoms with E-state index in [1.165, 1.54) is 13.2 Å². The van der Waals surface area contributed by atoms with Crippen LogP contribution in [0.5, 0.6) is 0 Å². The summed E-state index contributed by atoms with van der Waals surface area (Å²) in [6.07, 6.45) is 2.62. The van der Waals surface area contributed by atoms with Crippen LogP contribution in [0.15, 0.2) is 42.7 Å². The molecular weight excluding hydrogens is 323 g/mol. The maximum atomic E-state index is 14.5. The van der Waals surface area contributed by atoms with Crippen molar-refractivity contribution in [3.05, 3.63) is 54.1 Å². The van der Waals surface area contributed by atoms with Crippen molar-refractivity contribution in [2.45, 2.75) is 25.7 Å². The lowest BCUT2D eigenvalue weighted by Crippen LogP contribution is -2.49. The molecular formula is C19H21FN2O3. The molecule has 0 unspecified atom stereocenters. The number of ether oxygens (including phenoxy) is 2. The van der Waals surface area contributed by atoms with Crippen molar-refractivity contribution >= 4 is 5.97 Å². The van der Waals surface area contributed by atoms with E-state index in [1.54, 1.807) is 18.5 Å². The van der Waals surface area contributed by atoms with Crippen LogP contribution in [0.2, 0.25) is 0 Å². The molecule has 2 aromatic rings. The van der Waals surface area contributed by atoms with Gasteiger partial charge in [0.25, 0.3) is 0 Å². The molecule has 0 amide bonds. The highest BCUT2D eigenvalue weighted by Crippen LogP contribution is 2.23. The zero-order chi connectivity index (χ0) is 17.8. The van der Waals surface area contributed by atoms with E-state index in [2.05, 4.69) is 4.98 Å². The van der Waals surface area contributed by atoms with Crippen LogP contribution in [-0.4, -0.2) is 48.3 Å². The fourth-order valence-corrected chi connectivity index (χ4v) is 3.07. The highest BCUT2D eigenvalue weighted by atomic mass is 19.1. The number of benzene rings is 1. The van der Waals surface area contributed by atoms with Gasteiger partial charge in [-0.25, -0.2) is 9.18 Å². The van der Waals surface area contributed by atoms with Gasteiger partial charge >= 0.3 is 5.97 Å². The van der Waals surface area contributed by atoms with Crippen LogP contribution >= 0.6 is 0 Å². The van der Waals surface area contributed by atoms with Gasteiger partial charge in [0.1, 0.15) is 5.82 Å². The highest BCUT2D eigenvalue weighted by Gasteiger charge is 2.31. The van der Waals surface area contributed by atoms with E-state index in [0.717, 1.165) is 11.1 Å². The van der Waals surface area contributed by atoms with Gasteiger partial charge < -0.3 is 9.47 Å². The summed E-state index contributed by atoms with van der Waals surface area (Å²) in [5.41, 5.74) is 2.33. The van der Waals surface area contributed by atoms with Crippen molar-refractivity contribution in [3.63, 3.8) is 0 Å². The molecule has 1 aromatic heterocycles. The lowest BCUT2D eigenvalue weighted by atomic mass is 10.0.